The number of nitrogens with one attached hydrogen (secondary N) is 1. The molecule has 2 rings (SSSR count). The van der Waals surface area contributed by atoms with E-state index in [1.807, 2.05) is 42.5 Å². The first kappa shape index (κ1) is 10.7. The summed E-state index contributed by atoms with van der Waals surface area (Å²) in [6.07, 6.45) is 3.74. The molecule has 0 fully saturated rings. The molecular weight excluding hydrogens is 202 g/mol. The van der Waals surface area contributed by atoms with Crippen LogP contribution in [0.4, 0.5) is 5.82 Å². The summed E-state index contributed by atoms with van der Waals surface area (Å²) in [6, 6.07) is 2.17. The van der Waals surface area contributed by atoms with Gasteiger partial charge in [0.15, 0.2) is 0 Å². The molecule has 2 aromatic heterocycles. The smallest absolute Gasteiger partial charge is 0.148 e. The van der Waals surface area contributed by atoms with Crippen molar-refractivity contribution in [3.05, 3.63) is 30.0 Å². The lowest BCUT2D eigenvalue weighted by molar-refractivity contribution is 0.704. The van der Waals surface area contributed by atoms with Crippen molar-refractivity contribution < 1.29 is 0 Å². The van der Waals surface area contributed by atoms with Gasteiger partial charge in [0.05, 0.1) is 6.04 Å². The zero-order chi connectivity index (χ0) is 11.7. The fraction of sp³-hybridized carbons (Fsp3) is 0.455. The molecule has 2 heterocycles. The van der Waals surface area contributed by atoms with Gasteiger partial charge in [0, 0.05) is 38.2 Å². The molecule has 5 nitrogen and oxygen atoms in total. The minimum Gasteiger partial charge on any atom is -0.359 e. The van der Waals surface area contributed by atoms with E-state index in [9.17, 15) is 0 Å². The molecule has 1 N–H and O–H groups in total. The maximum Gasteiger partial charge on any atom is 0.148 e. The highest BCUT2D eigenvalue weighted by molar-refractivity contribution is 5.37. The van der Waals surface area contributed by atoms with E-state index in [0.29, 0.717) is 0 Å². The number of anilines is 1. The summed E-state index contributed by atoms with van der Waals surface area (Å²) in [5.41, 5.74) is 1.13. The van der Waals surface area contributed by atoms with E-state index >= 15 is 0 Å². The van der Waals surface area contributed by atoms with Gasteiger partial charge in [0.25, 0.3) is 0 Å². The quantitative estimate of drug-likeness (QED) is 0.853. The zero-order valence-electron chi connectivity index (χ0n) is 10.1. The molecule has 0 saturated carbocycles. The van der Waals surface area contributed by atoms with Gasteiger partial charge in [-0.2, -0.15) is 5.10 Å². The Kier molecular flexibility index (Phi) is 2.68. The molecule has 16 heavy (non-hydrogen) atoms. The molecule has 86 valence electrons. The Hall–Kier alpha value is -1.78. The van der Waals surface area contributed by atoms with Crippen molar-refractivity contribution in [2.45, 2.75) is 19.9 Å². The SMILES string of the molecule is Cc1cc(NC(C)c2nccn2C)nn1C. The second kappa shape index (κ2) is 4.00. The summed E-state index contributed by atoms with van der Waals surface area (Å²) in [6.45, 7) is 4.11. The van der Waals surface area contributed by atoms with Gasteiger partial charge in [0.1, 0.15) is 11.6 Å². The molecule has 0 spiro atoms. The van der Waals surface area contributed by atoms with Crippen LogP contribution in [0.1, 0.15) is 24.5 Å². The zero-order valence-corrected chi connectivity index (χ0v) is 10.1. The fourth-order valence-corrected chi connectivity index (χ4v) is 1.71. The van der Waals surface area contributed by atoms with Gasteiger partial charge in [-0.15, -0.1) is 0 Å². The molecular formula is C11H17N5. The monoisotopic (exact) mass is 219 g/mol. The summed E-state index contributed by atoms with van der Waals surface area (Å²) in [7, 11) is 3.93. The fourth-order valence-electron chi connectivity index (χ4n) is 1.71. The highest BCUT2D eigenvalue weighted by atomic mass is 15.3. The molecule has 2 aromatic rings. The van der Waals surface area contributed by atoms with Crippen molar-refractivity contribution in [2.75, 3.05) is 5.32 Å². The average molecular weight is 219 g/mol. The van der Waals surface area contributed by atoms with Crippen LogP contribution in [-0.2, 0) is 14.1 Å². The van der Waals surface area contributed by atoms with Gasteiger partial charge in [-0.1, -0.05) is 0 Å². The Labute approximate surface area is 95.1 Å². The van der Waals surface area contributed by atoms with Crippen molar-refractivity contribution in [1.82, 2.24) is 19.3 Å². The molecule has 0 bridgehead atoms. The highest BCUT2D eigenvalue weighted by Crippen LogP contribution is 2.16. The van der Waals surface area contributed by atoms with Crippen LogP contribution >= 0.6 is 0 Å². The van der Waals surface area contributed by atoms with Crippen LogP contribution in [0.15, 0.2) is 18.5 Å². The lowest BCUT2D eigenvalue weighted by atomic mass is 10.3. The number of imidazole rings is 1. The number of aryl methyl sites for hydroxylation is 3. The topological polar surface area (TPSA) is 47.7 Å². The average Bonchev–Trinajstić information content (AvgIpc) is 2.74. The van der Waals surface area contributed by atoms with Crippen molar-refractivity contribution >= 4 is 5.82 Å². The lowest BCUT2D eigenvalue weighted by Crippen LogP contribution is -2.12. The third kappa shape index (κ3) is 1.93. The minimum absolute atomic E-state index is 0.147. The molecule has 0 amide bonds. The number of hydrogen-bond acceptors (Lipinski definition) is 3. The number of rotatable bonds is 3. The maximum absolute atomic E-state index is 4.36. The van der Waals surface area contributed by atoms with Crippen molar-refractivity contribution in [3.63, 3.8) is 0 Å². The third-order valence-corrected chi connectivity index (χ3v) is 2.72. The lowest BCUT2D eigenvalue weighted by Gasteiger charge is -2.12. The summed E-state index contributed by atoms with van der Waals surface area (Å²) in [4.78, 5) is 4.31. The van der Waals surface area contributed by atoms with Gasteiger partial charge in [-0.05, 0) is 13.8 Å². The first-order chi connectivity index (χ1) is 7.58. The molecule has 1 unspecified atom stereocenters. The molecule has 0 radical (unpaired) electrons. The Morgan fingerprint density at radius 3 is 2.62 bits per heavy atom. The van der Waals surface area contributed by atoms with Crippen LogP contribution in [0.5, 0.6) is 0 Å². The summed E-state index contributed by atoms with van der Waals surface area (Å²) in [5.74, 6) is 1.89. The summed E-state index contributed by atoms with van der Waals surface area (Å²) < 4.78 is 3.86. The van der Waals surface area contributed by atoms with E-state index < -0.39 is 0 Å². The predicted octanol–water partition coefficient (Wildman–Crippen LogP) is 1.64. The third-order valence-electron chi connectivity index (χ3n) is 2.72. The molecule has 0 aromatic carbocycles. The first-order valence-electron chi connectivity index (χ1n) is 5.32. The van der Waals surface area contributed by atoms with Crippen LogP contribution in [0, 0.1) is 6.92 Å². The van der Waals surface area contributed by atoms with E-state index in [4.69, 9.17) is 0 Å². The summed E-state index contributed by atoms with van der Waals surface area (Å²) in [5, 5.41) is 7.69. The Balaban J connectivity index is 2.13. The van der Waals surface area contributed by atoms with E-state index in [2.05, 4.69) is 22.3 Å². The second-order valence-corrected chi connectivity index (χ2v) is 4.06. The minimum atomic E-state index is 0.147. The largest absolute Gasteiger partial charge is 0.359 e. The molecule has 0 aliphatic carbocycles. The van der Waals surface area contributed by atoms with E-state index in [1.54, 1.807) is 6.20 Å². The van der Waals surface area contributed by atoms with E-state index in [0.717, 1.165) is 17.3 Å². The van der Waals surface area contributed by atoms with Crippen LogP contribution in [0.3, 0.4) is 0 Å². The Bertz CT molecular complexity index is 463. The van der Waals surface area contributed by atoms with Gasteiger partial charge in [-0.3, -0.25) is 4.68 Å². The van der Waals surface area contributed by atoms with Crippen LogP contribution in [0.25, 0.3) is 0 Å². The maximum atomic E-state index is 4.36. The summed E-state index contributed by atoms with van der Waals surface area (Å²) >= 11 is 0. The molecule has 1 atom stereocenters. The number of nitrogens with zero attached hydrogens (tertiary/aromatic N) is 4. The van der Waals surface area contributed by atoms with Gasteiger partial charge < -0.3 is 9.88 Å². The van der Waals surface area contributed by atoms with E-state index in [-0.39, 0.29) is 6.04 Å². The van der Waals surface area contributed by atoms with Gasteiger partial charge >= 0.3 is 0 Å². The second-order valence-electron chi connectivity index (χ2n) is 4.06. The van der Waals surface area contributed by atoms with Gasteiger partial charge in [0.2, 0.25) is 0 Å². The number of hydrogen-bond donors (Lipinski definition) is 1. The van der Waals surface area contributed by atoms with Crippen molar-refractivity contribution in [1.29, 1.82) is 0 Å². The van der Waals surface area contributed by atoms with Gasteiger partial charge in [-0.25, -0.2) is 4.98 Å². The van der Waals surface area contributed by atoms with Crippen molar-refractivity contribution in [3.8, 4) is 0 Å². The van der Waals surface area contributed by atoms with Crippen LogP contribution in [0.2, 0.25) is 0 Å². The molecule has 0 saturated heterocycles. The number of aromatic nitrogens is 4. The first-order valence-corrected chi connectivity index (χ1v) is 5.32. The normalized spacial score (nSPS) is 12.8. The molecule has 5 heteroatoms. The Morgan fingerprint density at radius 1 is 1.38 bits per heavy atom. The van der Waals surface area contributed by atoms with Crippen LogP contribution in [-0.4, -0.2) is 19.3 Å². The molecule has 0 aliphatic rings. The van der Waals surface area contributed by atoms with Crippen LogP contribution < -0.4 is 5.32 Å². The molecule has 0 aliphatic heterocycles. The standard InChI is InChI=1S/C11H17N5/c1-8-7-10(14-16(8)4)13-9(2)11-12-5-6-15(11)3/h5-7,9H,1-4H3,(H,13,14). The predicted molar refractivity (Wildman–Crippen MR) is 63.2 cm³/mol. The highest BCUT2D eigenvalue weighted by Gasteiger charge is 2.11. The van der Waals surface area contributed by atoms with E-state index in [1.165, 1.54) is 0 Å². The Morgan fingerprint density at radius 2 is 2.12 bits per heavy atom. The van der Waals surface area contributed by atoms with Crippen molar-refractivity contribution in [2.24, 2.45) is 14.1 Å².